The van der Waals surface area contributed by atoms with Crippen LogP contribution in [0.3, 0.4) is 0 Å². The lowest BCUT2D eigenvalue weighted by atomic mass is 10.4. The fourth-order valence-electron chi connectivity index (χ4n) is 1.17. The predicted molar refractivity (Wildman–Crippen MR) is 70.6 cm³/mol. The van der Waals surface area contributed by atoms with E-state index < -0.39 is 6.04 Å². The molecule has 0 saturated carbocycles. The Kier molecular flexibility index (Phi) is 4.12. The number of halogens is 1. The van der Waals surface area contributed by atoms with E-state index in [1.54, 1.807) is 0 Å². The third kappa shape index (κ3) is 2.57. The molecule has 14 heavy (non-hydrogen) atoms. The molecule has 0 amide bonds. The van der Waals surface area contributed by atoms with Crippen LogP contribution in [0.4, 0.5) is 0 Å². The second-order valence-electron chi connectivity index (χ2n) is 2.93. The number of allylic oxidation sites excluding steroid dienone is 1. The lowest BCUT2D eigenvalue weighted by molar-refractivity contribution is 1.73. The first kappa shape index (κ1) is 11.7. The summed E-state index contributed by atoms with van der Waals surface area (Å²) in [6.45, 7) is 7.54. The molecule has 0 saturated heterocycles. The molecule has 0 radical (unpaired) electrons. The van der Waals surface area contributed by atoms with Crippen molar-refractivity contribution in [3.8, 4) is 0 Å². The van der Waals surface area contributed by atoms with Crippen LogP contribution >= 0.6 is 17.6 Å². The van der Waals surface area contributed by atoms with E-state index in [1.165, 1.54) is 0 Å². The molecule has 74 valence electrons. The standard InChI is InChI=1S/C11H12ClPS/c1-3-9-13(14,4-2)11-7-5-10(12)6-8-11/h3-8H,1-2,9H2. The van der Waals surface area contributed by atoms with E-state index in [1.807, 2.05) is 36.2 Å². The Hall–Kier alpha value is -0.360. The lowest BCUT2D eigenvalue weighted by Gasteiger charge is -2.15. The molecule has 1 atom stereocenters. The number of rotatable bonds is 4. The van der Waals surface area contributed by atoms with Crippen LogP contribution in [0.1, 0.15) is 0 Å². The Balaban J connectivity index is 3.12. The van der Waals surface area contributed by atoms with Crippen molar-refractivity contribution in [2.45, 2.75) is 0 Å². The van der Waals surface area contributed by atoms with Gasteiger partial charge in [-0.25, -0.2) is 0 Å². The van der Waals surface area contributed by atoms with Gasteiger partial charge in [-0.3, -0.25) is 0 Å². The molecule has 1 aromatic carbocycles. The van der Waals surface area contributed by atoms with Gasteiger partial charge in [0.15, 0.2) is 0 Å². The van der Waals surface area contributed by atoms with E-state index >= 15 is 0 Å². The van der Waals surface area contributed by atoms with Crippen LogP contribution in [0, 0.1) is 0 Å². The van der Waals surface area contributed by atoms with Crippen molar-refractivity contribution in [1.82, 2.24) is 0 Å². The molecule has 1 aromatic rings. The van der Waals surface area contributed by atoms with Gasteiger partial charge in [-0.2, -0.15) is 0 Å². The maximum atomic E-state index is 5.81. The van der Waals surface area contributed by atoms with Crippen molar-refractivity contribution < 1.29 is 0 Å². The van der Waals surface area contributed by atoms with E-state index in [4.69, 9.17) is 23.4 Å². The summed E-state index contributed by atoms with van der Waals surface area (Å²) in [5.74, 6) is 1.88. The summed E-state index contributed by atoms with van der Waals surface area (Å²) in [5, 5.41) is 1.88. The summed E-state index contributed by atoms with van der Waals surface area (Å²) < 4.78 is 0. The smallest absolute Gasteiger partial charge is 0.0406 e. The molecule has 0 spiro atoms. The molecule has 0 fully saturated rings. The van der Waals surface area contributed by atoms with Crippen molar-refractivity contribution in [3.05, 3.63) is 54.3 Å². The zero-order chi connectivity index (χ0) is 10.6. The number of hydrogen-bond acceptors (Lipinski definition) is 1. The Morgan fingerprint density at radius 2 is 1.86 bits per heavy atom. The van der Waals surface area contributed by atoms with Gasteiger partial charge in [-0.1, -0.05) is 54.0 Å². The SMILES string of the molecule is C=CCP(=S)(C=C)c1ccc(Cl)cc1. The van der Waals surface area contributed by atoms with Gasteiger partial charge in [0.25, 0.3) is 0 Å². The maximum absolute atomic E-state index is 5.81. The topological polar surface area (TPSA) is 0 Å². The molecular weight excluding hydrogens is 231 g/mol. The highest BCUT2D eigenvalue weighted by molar-refractivity contribution is 8.19. The Labute approximate surface area is 95.3 Å². The van der Waals surface area contributed by atoms with Gasteiger partial charge < -0.3 is 0 Å². The van der Waals surface area contributed by atoms with Crippen LogP contribution in [0.2, 0.25) is 5.02 Å². The summed E-state index contributed by atoms with van der Waals surface area (Å²) in [6, 6.07) is 6.04. The van der Waals surface area contributed by atoms with Crippen LogP contribution in [0.25, 0.3) is 0 Å². The van der Waals surface area contributed by atoms with Crippen LogP contribution < -0.4 is 5.30 Å². The molecule has 0 aliphatic heterocycles. The number of hydrogen-bond donors (Lipinski definition) is 0. The van der Waals surface area contributed by atoms with Gasteiger partial charge >= 0.3 is 0 Å². The zero-order valence-electron chi connectivity index (χ0n) is 7.82. The van der Waals surface area contributed by atoms with Crippen molar-refractivity contribution in [3.63, 3.8) is 0 Å². The van der Waals surface area contributed by atoms with Crippen molar-refractivity contribution >= 4 is 34.8 Å². The molecule has 0 N–H and O–H groups in total. The van der Waals surface area contributed by atoms with Gasteiger partial charge in [0.2, 0.25) is 0 Å². The minimum atomic E-state index is -1.65. The molecule has 0 aliphatic carbocycles. The van der Waals surface area contributed by atoms with Crippen molar-refractivity contribution in [2.75, 3.05) is 6.16 Å². The quantitative estimate of drug-likeness (QED) is 0.572. The predicted octanol–water partition coefficient (Wildman–Crippen LogP) is 3.77. The van der Waals surface area contributed by atoms with Crippen LogP contribution in [0.5, 0.6) is 0 Å². The molecular formula is C11H12ClPS. The first-order chi connectivity index (χ1) is 6.62. The van der Waals surface area contributed by atoms with Crippen LogP contribution in [-0.4, -0.2) is 6.16 Å². The average Bonchev–Trinajstić information content (AvgIpc) is 2.19. The molecule has 0 nitrogen and oxygen atoms in total. The zero-order valence-corrected chi connectivity index (χ0v) is 10.3. The molecule has 3 heteroatoms. The van der Waals surface area contributed by atoms with Crippen molar-refractivity contribution in [2.24, 2.45) is 0 Å². The summed E-state index contributed by atoms with van der Waals surface area (Å²) >= 11 is 11.4. The average molecular weight is 243 g/mol. The lowest BCUT2D eigenvalue weighted by Crippen LogP contribution is -2.03. The van der Waals surface area contributed by atoms with Crippen LogP contribution in [-0.2, 0) is 11.8 Å². The molecule has 0 aliphatic rings. The van der Waals surface area contributed by atoms with E-state index in [2.05, 4.69) is 13.2 Å². The molecule has 0 aromatic heterocycles. The normalized spacial score (nSPS) is 14.4. The molecule has 1 unspecified atom stereocenters. The fraction of sp³-hybridized carbons (Fsp3) is 0.0909. The van der Waals surface area contributed by atoms with Gasteiger partial charge in [-0.05, 0) is 17.4 Å². The summed E-state index contributed by atoms with van der Waals surface area (Å²) in [6.07, 6.45) is 2.67. The molecule has 0 heterocycles. The van der Waals surface area contributed by atoms with Gasteiger partial charge in [0.1, 0.15) is 0 Å². The second-order valence-corrected chi connectivity index (χ2v) is 8.15. The first-order valence-corrected chi connectivity index (χ1v) is 7.65. The molecule has 0 bridgehead atoms. The fourth-order valence-corrected chi connectivity index (χ4v) is 3.59. The third-order valence-electron chi connectivity index (χ3n) is 1.96. The summed E-state index contributed by atoms with van der Waals surface area (Å²) in [5.41, 5.74) is 0. The highest BCUT2D eigenvalue weighted by Gasteiger charge is 2.12. The molecule has 1 rings (SSSR count). The van der Waals surface area contributed by atoms with Gasteiger partial charge in [0, 0.05) is 17.2 Å². The summed E-state index contributed by atoms with van der Waals surface area (Å²) in [7, 11) is 0. The second kappa shape index (κ2) is 4.93. The Bertz CT molecular complexity index is 381. The monoisotopic (exact) mass is 242 g/mol. The van der Waals surface area contributed by atoms with Gasteiger partial charge in [-0.15, -0.1) is 6.58 Å². The van der Waals surface area contributed by atoms with E-state index in [0.717, 1.165) is 16.5 Å². The van der Waals surface area contributed by atoms with Gasteiger partial charge in [0.05, 0.1) is 0 Å². The first-order valence-electron chi connectivity index (χ1n) is 4.22. The summed E-state index contributed by atoms with van der Waals surface area (Å²) in [4.78, 5) is 0. The minimum Gasteiger partial charge on any atom is -0.103 e. The highest BCUT2D eigenvalue weighted by Crippen LogP contribution is 2.45. The van der Waals surface area contributed by atoms with Crippen LogP contribution in [0.15, 0.2) is 49.3 Å². The maximum Gasteiger partial charge on any atom is 0.0406 e. The minimum absolute atomic E-state index is 0.734. The van der Waals surface area contributed by atoms with Crippen molar-refractivity contribution in [1.29, 1.82) is 0 Å². The van der Waals surface area contributed by atoms with E-state index in [9.17, 15) is 0 Å². The van der Waals surface area contributed by atoms with E-state index in [0.29, 0.717) is 0 Å². The Morgan fingerprint density at radius 1 is 1.29 bits per heavy atom. The highest BCUT2D eigenvalue weighted by atomic mass is 35.5. The third-order valence-corrected chi connectivity index (χ3v) is 6.30. The number of benzene rings is 1. The largest absolute Gasteiger partial charge is 0.103 e. The Morgan fingerprint density at radius 3 is 2.29 bits per heavy atom. The van der Waals surface area contributed by atoms with E-state index in [-0.39, 0.29) is 0 Å².